The summed E-state index contributed by atoms with van der Waals surface area (Å²) in [4.78, 5) is 14.7. The lowest BCUT2D eigenvalue weighted by Crippen LogP contribution is -2.48. The van der Waals surface area contributed by atoms with Gasteiger partial charge in [-0.1, -0.05) is 30.0 Å². The number of hydrogen-bond donors (Lipinski definition) is 0. The zero-order valence-electron chi connectivity index (χ0n) is 13.6. The minimum atomic E-state index is 0.192. The van der Waals surface area contributed by atoms with Crippen LogP contribution in [0.2, 0.25) is 0 Å². The number of benzene rings is 1. The van der Waals surface area contributed by atoms with Crippen LogP contribution in [-0.2, 0) is 4.79 Å². The van der Waals surface area contributed by atoms with Crippen LogP contribution in [0.5, 0.6) is 0 Å². The highest BCUT2D eigenvalue weighted by atomic mass is 32.2. The van der Waals surface area contributed by atoms with E-state index >= 15 is 0 Å². The molecule has 1 saturated heterocycles. The first-order valence-corrected chi connectivity index (χ1v) is 9.05. The molecule has 0 aliphatic carbocycles. The summed E-state index contributed by atoms with van der Waals surface area (Å²) < 4.78 is 1.92. The van der Waals surface area contributed by atoms with Gasteiger partial charge in [-0.25, -0.2) is 0 Å². The Hall–Kier alpha value is -1.82. The first-order chi connectivity index (χ1) is 11.2. The van der Waals surface area contributed by atoms with Gasteiger partial charge in [0.2, 0.25) is 5.91 Å². The fourth-order valence-electron chi connectivity index (χ4n) is 3.20. The van der Waals surface area contributed by atoms with Crippen molar-refractivity contribution in [2.45, 2.75) is 50.4 Å². The Balaban J connectivity index is 1.67. The molecule has 1 fully saturated rings. The summed E-state index contributed by atoms with van der Waals surface area (Å²) >= 11 is 1.45. The molecular formula is C17H22N4OS. The second kappa shape index (κ2) is 7.17. The Morgan fingerprint density at radius 2 is 1.91 bits per heavy atom. The Bertz CT molecular complexity index is 648. The van der Waals surface area contributed by atoms with E-state index in [1.165, 1.54) is 18.2 Å². The molecule has 0 bridgehead atoms. The molecule has 2 heterocycles. The highest BCUT2D eigenvalue weighted by Crippen LogP contribution is 2.25. The van der Waals surface area contributed by atoms with Crippen LogP contribution in [0.25, 0.3) is 5.69 Å². The number of nitrogens with zero attached hydrogens (tertiary/aromatic N) is 4. The highest BCUT2D eigenvalue weighted by molar-refractivity contribution is 7.99. The average molecular weight is 330 g/mol. The quantitative estimate of drug-likeness (QED) is 0.808. The molecule has 23 heavy (non-hydrogen) atoms. The maximum Gasteiger partial charge on any atom is 0.233 e. The molecule has 1 aliphatic heterocycles. The Kier molecular flexibility index (Phi) is 5.00. The summed E-state index contributed by atoms with van der Waals surface area (Å²) in [5.41, 5.74) is 1.01. The molecule has 5 nitrogen and oxygen atoms in total. The molecule has 1 aromatic carbocycles. The van der Waals surface area contributed by atoms with Gasteiger partial charge in [0.15, 0.2) is 5.16 Å². The molecule has 6 heteroatoms. The summed E-state index contributed by atoms with van der Waals surface area (Å²) in [6.45, 7) is 4.29. The molecule has 1 amide bonds. The van der Waals surface area contributed by atoms with Gasteiger partial charge >= 0.3 is 0 Å². The molecule has 0 saturated carbocycles. The van der Waals surface area contributed by atoms with E-state index < -0.39 is 0 Å². The monoisotopic (exact) mass is 330 g/mol. The Labute approximate surface area is 141 Å². The predicted octanol–water partition coefficient (Wildman–Crippen LogP) is 3.15. The van der Waals surface area contributed by atoms with E-state index in [0.717, 1.165) is 23.7 Å². The summed E-state index contributed by atoms with van der Waals surface area (Å²) in [7, 11) is 0. The molecule has 3 rings (SSSR count). The fraction of sp³-hybridized carbons (Fsp3) is 0.471. The number of para-hydroxylation sites is 1. The Morgan fingerprint density at radius 3 is 2.61 bits per heavy atom. The largest absolute Gasteiger partial charge is 0.337 e. The van der Waals surface area contributed by atoms with Gasteiger partial charge in [-0.3, -0.25) is 9.36 Å². The van der Waals surface area contributed by atoms with Crippen LogP contribution < -0.4 is 0 Å². The van der Waals surface area contributed by atoms with Gasteiger partial charge in [0.25, 0.3) is 0 Å². The van der Waals surface area contributed by atoms with Crippen LogP contribution in [0.4, 0.5) is 0 Å². The SMILES string of the molecule is C[C@H]1CCC[C@H](C)N1C(=O)CSc1nncn1-c1ccccc1. The molecule has 0 N–H and O–H groups in total. The Morgan fingerprint density at radius 1 is 1.22 bits per heavy atom. The van der Waals surface area contributed by atoms with E-state index in [0.29, 0.717) is 17.8 Å². The fourth-order valence-corrected chi connectivity index (χ4v) is 4.00. The van der Waals surface area contributed by atoms with Crippen molar-refractivity contribution in [1.29, 1.82) is 0 Å². The van der Waals surface area contributed by atoms with Crippen molar-refractivity contribution in [3.8, 4) is 5.69 Å². The molecule has 1 aromatic heterocycles. The van der Waals surface area contributed by atoms with Crippen LogP contribution in [0.3, 0.4) is 0 Å². The van der Waals surface area contributed by atoms with E-state index in [4.69, 9.17) is 0 Å². The molecule has 2 aromatic rings. The zero-order chi connectivity index (χ0) is 16.2. The van der Waals surface area contributed by atoms with Gasteiger partial charge in [-0.15, -0.1) is 10.2 Å². The summed E-state index contributed by atoms with van der Waals surface area (Å²) in [6, 6.07) is 10.6. The van der Waals surface area contributed by atoms with E-state index in [-0.39, 0.29) is 5.91 Å². The van der Waals surface area contributed by atoms with Crippen molar-refractivity contribution in [1.82, 2.24) is 19.7 Å². The molecule has 0 radical (unpaired) electrons. The molecule has 1 aliphatic rings. The van der Waals surface area contributed by atoms with E-state index in [1.54, 1.807) is 6.33 Å². The number of amides is 1. The van der Waals surface area contributed by atoms with Gasteiger partial charge in [-0.2, -0.15) is 0 Å². The highest BCUT2D eigenvalue weighted by Gasteiger charge is 2.28. The predicted molar refractivity (Wildman–Crippen MR) is 91.7 cm³/mol. The number of carbonyl (C=O) groups is 1. The molecule has 2 atom stereocenters. The first-order valence-electron chi connectivity index (χ1n) is 8.06. The van der Waals surface area contributed by atoms with Crippen LogP contribution in [0, 0.1) is 0 Å². The molecule has 122 valence electrons. The van der Waals surface area contributed by atoms with Crippen LogP contribution >= 0.6 is 11.8 Å². The minimum absolute atomic E-state index is 0.192. The van der Waals surface area contributed by atoms with E-state index in [9.17, 15) is 4.79 Å². The summed E-state index contributed by atoms with van der Waals surface area (Å²) in [5, 5.41) is 8.89. The second-order valence-corrected chi connectivity index (χ2v) is 6.98. The lowest BCUT2D eigenvalue weighted by atomic mass is 9.98. The number of aromatic nitrogens is 3. The van der Waals surface area contributed by atoms with E-state index in [2.05, 4.69) is 24.0 Å². The van der Waals surface area contributed by atoms with Crippen molar-refractivity contribution in [3.05, 3.63) is 36.7 Å². The lowest BCUT2D eigenvalue weighted by Gasteiger charge is -2.39. The maximum absolute atomic E-state index is 12.6. The van der Waals surface area contributed by atoms with Crippen molar-refractivity contribution < 1.29 is 4.79 Å². The molecular weight excluding hydrogens is 308 g/mol. The van der Waals surface area contributed by atoms with Gasteiger partial charge in [0.1, 0.15) is 6.33 Å². The van der Waals surface area contributed by atoms with Crippen LogP contribution in [0.15, 0.2) is 41.8 Å². The van der Waals surface area contributed by atoms with Crippen molar-refractivity contribution in [2.24, 2.45) is 0 Å². The first kappa shape index (κ1) is 16.1. The van der Waals surface area contributed by atoms with Gasteiger partial charge in [-0.05, 0) is 45.2 Å². The summed E-state index contributed by atoms with van der Waals surface area (Å²) in [5.74, 6) is 0.595. The number of thioether (sulfide) groups is 1. The number of rotatable bonds is 4. The lowest BCUT2D eigenvalue weighted by molar-refractivity contribution is -0.134. The molecule has 0 spiro atoms. The number of carbonyl (C=O) groups excluding carboxylic acids is 1. The van der Waals surface area contributed by atoms with Crippen LogP contribution in [0.1, 0.15) is 33.1 Å². The number of piperidine rings is 1. The van der Waals surface area contributed by atoms with Crippen LogP contribution in [-0.4, -0.2) is 43.4 Å². The van der Waals surface area contributed by atoms with Crippen molar-refractivity contribution in [3.63, 3.8) is 0 Å². The van der Waals surface area contributed by atoms with Gasteiger partial charge in [0.05, 0.1) is 5.75 Å². The van der Waals surface area contributed by atoms with Gasteiger partial charge in [0, 0.05) is 17.8 Å². The number of hydrogen-bond acceptors (Lipinski definition) is 4. The standard InChI is InChI=1S/C17H22N4OS/c1-13-7-6-8-14(2)21(13)16(22)11-23-17-19-18-12-20(17)15-9-4-3-5-10-15/h3-5,9-10,12-14H,6-8,11H2,1-2H3/t13-,14-/m0/s1. The second-order valence-electron chi connectivity index (χ2n) is 6.04. The average Bonchev–Trinajstić information content (AvgIpc) is 3.02. The zero-order valence-corrected chi connectivity index (χ0v) is 14.4. The number of likely N-dealkylation sites (tertiary alicyclic amines) is 1. The smallest absolute Gasteiger partial charge is 0.233 e. The normalized spacial score (nSPS) is 21.4. The van der Waals surface area contributed by atoms with E-state index in [1.807, 2.05) is 39.8 Å². The van der Waals surface area contributed by atoms with Crippen molar-refractivity contribution in [2.75, 3.05) is 5.75 Å². The third-order valence-corrected chi connectivity index (χ3v) is 5.28. The maximum atomic E-state index is 12.6. The topological polar surface area (TPSA) is 51.0 Å². The molecule has 0 unspecified atom stereocenters. The third kappa shape index (κ3) is 3.58. The third-order valence-electron chi connectivity index (χ3n) is 4.36. The minimum Gasteiger partial charge on any atom is -0.337 e. The van der Waals surface area contributed by atoms with Gasteiger partial charge < -0.3 is 4.90 Å². The van der Waals surface area contributed by atoms with Crippen molar-refractivity contribution >= 4 is 17.7 Å². The summed E-state index contributed by atoms with van der Waals surface area (Å²) in [6.07, 6.45) is 5.10.